The van der Waals surface area contributed by atoms with Crippen molar-refractivity contribution in [1.82, 2.24) is 5.32 Å². The van der Waals surface area contributed by atoms with Gasteiger partial charge in [-0.2, -0.15) is 0 Å². The van der Waals surface area contributed by atoms with E-state index in [0.29, 0.717) is 16.9 Å². The Labute approximate surface area is 191 Å². The summed E-state index contributed by atoms with van der Waals surface area (Å²) in [5, 5.41) is 7.40. The van der Waals surface area contributed by atoms with Gasteiger partial charge in [0, 0.05) is 23.2 Å². The van der Waals surface area contributed by atoms with Crippen LogP contribution in [0.4, 0.5) is 11.4 Å². The first-order valence-corrected chi connectivity index (χ1v) is 12.3. The van der Waals surface area contributed by atoms with Gasteiger partial charge in [0.2, 0.25) is 11.8 Å². The molecule has 1 atom stereocenters. The predicted molar refractivity (Wildman–Crippen MR) is 127 cm³/mol. The Hall–Kier alpha value is -3.17. The number of anilines is 2. The van der Waals surface area contributed by atoms with Crippen molar-refractivity contribution in [3.05, 3.63) is 76.0 Å². The van der Waals surface area contributed by atoms with Gasteiger partial charge in [-0.3, -0.25) is 14.3 Å². The molecular formula is C23H25N3O4S2. The van der Waals surface area contributed by atoms with E-state index in [0.717, 1.165) is 10.4 Å². The Morgan fingerprint density at radius 3 is 2.44 bits per heavy atom. The third-order valence-corrected chi connectivity index (χ3v) is 7.19. The zero-order valence-electron chi connectivity index (χ0n) is 18.0. The maximum absolute atomic E-state index is 13.0. The fourth-order valence-corrected chi connectivity index (χ4v) is 5.34. The number of carbonyl (C=O) groups is 2. The first kappa shape index (κ1) is 23.5. The first-order chi connectivity index (χ1) is 15.1. The molecule has 1 heterocycles. The zero-order chi connectivity index (χ0) is 23.3. The molecule has 0 radical (unpaired) electrons. The van der Waals surface area contributed by atoms with Crippen LogP contribution in [0.25, 0.3) is 0 Å². The largest absolute Gasteiger partial charge is 0.348 e. The second kappa shape index (κ2) is 9.97. The van der Waals surface area contributed by atoms with Gasteiger partial charge >= 0.3 is 0 Å². The Balaban J connectivity index is 1.77. The number of nitrogens with one attached hydrogen (secondary N) is 3. The van der Waals surface area contributed by atoms with Crippen LogP contribution >= 0.6 is 11.3 Å². The van der Waals surface area contributed by atoms with E-state index in [1.807, 2.05) is 30.5 Å². The normalized spacial score (nSPS) is 12.1. The van der Waals surface area contributed by atoms with Crippen LogP contribution < -0.4 is 15.4 Å². The summed E-state index contributed by atoms with van der Waals surface area (Å²) in [4.78, 5) is 25.1. The SMILES string of the molecule is CC(=O)NC(CC(=O)Nc1ccc(C)c(S(=O)(=O)Nc2cccc(C)c2)c1)c1cccs1. The highest BCUT2D eigenvalue weighted by Crippen LogP contribution is 2.25. The van der Waals surface area contributed by atoms with Gasteiger partial charge in [0.1, 0.15) is 0 Å². The van der Waals surface area contributed by atoms with E-state index in [1.54, 1.807) is 37.3 Å². The highest BCUT2D eigenvalue weighted by atomic mass is 32.2. The lowest BCUT2D eigenvalue weighted by atomic mass is 10.1. The van der Waals surface area contributed by atoms with Gasteiger partial charge in [0.25, 0.3) is 10.0 Å². The lowest BCUT2D eigenvalue weighted by molar-refractivity contribution is -0.120. The van der Waals surface area contributed by atoms with E-state index in [9.17, 15) is 18.0 Å². The molecule has 168 valence electrons. The standard InChI is InChI=1S/C23H25N3O4S2/c1-15-6-4-7-19(12-15)26-32(29,30)22-13-18(10-9-16(22)2)25-23(28)14-20(24-17(3)27)21-8-5-11-31-21/h4-13,20,26H,14H2,1-3H3,(H,24,27)(H,25,28). The third kappa shape index (κ3) is 6.18. The number of benzene rings is 2. The molecule has 0 aliphatic heterocycles. The fourth-order valence-electron chi connectivity index (χ4n) is 3.24. The first-order valence-electron chi connectivity index (χ1n) is 9.94. The van der Waals surface area contributed by atoms with Crippen LogP contribution in [0.1, 0.15) is 35.4 Å². The number of thiophene rings is 1. The Morgan fingerprint density at radius 2 is 1.78 bits per heavy atom. The average Bonchev–Trinajstić information content (AvgIpc) is 3.23. The van der Waals surface area contributed by atoms with Crippen molar-refractivity contribution in [3.63, 3.8) is 0 Å². The van der Waals surface area contributed by atoms with Crippen molar-refractivity contribution in [2.75, 3.05) is 10.0 Å². The summed E-state index contributed by atoms with van der Waals surface area (Å²) >= 11 is 1.45. The second-order valence-electron chi connectivity index (χ2n) is 7.48. The average molecular weight is 472 g/mol. The van der Waals surface area contributed by atoms with E-state index in [-0.39, 0.29) is 23.1 Å². The Kier molecular flexibility index (Phi) is 7.32. The highest BCUT2D eigenvalue weighted by Gasteiger charge is 2.21. The van der Waals surface area contributed by atoms with Gasteiger partial charge in [0.05, 0.1) is 17.4 Å². The molecule has 0 fully saturated rings. The summed E-state index contributed by atoms with van der Waals surface area (Å²) < 4.78 is 28.5. The van der Waals surface area contributed by atoms with Crippen LogP contribution in [0.3, 0.4) is 0 Å². The lowest BCUT2D eigenvalue weighted by Gasteiger charge is -2.17. The van der Waals surface area contributed by atoms with Gasteiger partial charge in [-0.15, -0.1) is 11.3 Å². The molecule has 3 aromatic rings. The summed E-state index contributed by atoms with van der Waals surface area (Å²) in [6.07, 6.45) is 0.0254. The quantitative estimate of drug-likeness (QED) is 0.454. The molecule has 0 aliphatic carbocycles. The van der Waals surface area contributed by atoms with Crippen molar-refractivity contribution in [1.29, 1.82) is 0 Å². The summed E-state index contributed by atoms with van der Waals surface area (Å²) in [7, 11) is -3.85. The van der Waals surface area contributed by atoms with Gasteiger partial charge in [0.15, 0.2) is 0 Å². The van der Waals surface area contributed by atoms with Crippen LogP contribution in [0.2, 0.25) is 0 Å². The maximum Gasteiger partial charge on any atom is 0.262 e. The second-order valence-corrected chi connectivity index (χ2v) is 10.1. The number of aryl methyl sites for hydroxylation is 2. The van der Waals surface area contributed by atoms with E-state index >= 15 is 0 Å². The summed E-state index contributed by atoms with van der Waals surface area (Å²) in [5.41, 5.74) is 2.31. The van der Waals surface area contributed by atoms with Crippen LogP contribution in [0.5, 0.6) is 0 Å². The minimum atomic E-state index is -3.85. The topological polar surface area (TPSA) is 104 Å². The number of sulfonamides is 1. The van der Waals surface area contributed by atoms with Crippen molar-refractivity contribution in [2.45, 2.75) is 38.1 Å². The molecule has 0 aliphatic rings. The van der Waals surface area contributed by atoms with Gasteiger partial charge in [-0.05, 0) is 60.7 Å². The van der Waals surface area contributed by atoms with Gasteiger partial charge < -0.3 is 10.6 Å². The molecule has 0 saturated carbocycles. The number of hydrogen-bond acceptors (Lipinski definition) is 5. The predicted octanol–water partition coefficient (Wildman–Crippen LogP) is 4.37. The van der Waals surface area contributed by atoms with E-state index in [2.05, 4.69) is 15.4 Å². The van der Waals surface area contributed by atoms with Crippen molar-refractivity contribution in [3.8, 4) is 0 Å². The molecule has 3 N–H and O–H groups in total. The number of carbonyl (C=O) groups excluding carboxylic acids is 2. The molecule has 1 aromatic heterocycles. The van der Waals surface area contributed by atoms with Gasteiger partial charge in [-0.1, -0.05) is 24.3 Å². The highest BCUT2D eigenvalue weighted by molar-refractivity contribution is 7.92. The molecule has 7 nitrogen and oxygen atoms in total. The molecule has 32 heavy (non-hydrogen) atoms. The van der Waals surface area contributed by atoms with E-state index < -0.39 is 16.1 Å². The molecule has 0 saturated heterocycles. The Bertz CT molecular complexity index is 1220. The van der Waals surface area contributed by atoms with Crippen molar-refractivity contribution < 1.29 is 18.0 Å². The van der Waals surface area contributed by atoms with E-state index in [4.69, 9.17) is 0 Å². The summed E-state index contributed by atoms with van der Waals surface area (Å²) in [6.45, 7) is 4.97. The smallest absolute Gasteiger partial charge is 0.262 e. The minimum Gasteiger partial charge on any atom is -0.348 e. The third-order valence-electron chi connectivity index (χ3n) is 4.69. The van der Waals surface area contributed by atoms with Crippen molar-refractivity contribution >= 4 is 44.5 Å². The molecule has 9 heteroatoms. The molecule has 0 spiro atoms. The van der Waals surface area contributed by atoms with Crippen LogP contribution in [-0.2, 0) is 19.6 Å². The minimum absolute atomic E-state index is 0.0254. The number of hydrogen-bond donors (Lipinski definition) is 3. The summed E-state index contributed by atoms with van der Waals surface area (Å²) in [5.74, 6) is -0.571. The molecule has 3 rings (SSSR count). The monoisotopic (exact) mass is 471 g/mol. The van der Waals surface area contributed by atoms with Crippen molar-refractivity contribution in [2.24, 2.45) is 0 Å². The van der Waals surface area contributed by atoms with Gasteiger partial charge in [-0.25, -0.2) is 8.42 Å². The van der Waals surface area contributed by atoms with Crippen LogP contribution in [0, 0.1) is 13.8 Å². The molecular weight excluding hydrogens is 446 g/mol. The zero-order valence-corrected chi connectivity index (χ0v) is 19.6. The van der Waals surface area contributed by atoms with Crippen LogP contribution in [0.15, 0.2) is 64.9 Å². The molecule has 2 aromatic carbocycles. The molecule has 2 amide bonds. The molecule has 1 unspecified atom stereocenters. The maximum atomic E-state index is 13.0. The van der Waals surface area contributed by atoms with E-state index in [1.165, 1.54) is 24.3 Å². The molecule has 0 bridgehead atoms. The Morgan fingerprint density at radius 1 is 1.00 bits per heavy atom. The van der Waals surface area contributed by atoms with Crippen LogP contribution in [-0.4, -0.2) is 20.2 Å². The summed E-state index contributed by atoms with van der Waals surface area (Å²) in [6, 6.07) is 15.1. The lowest BCUT2D eigenvalue weighted by Crippen LogP contribution is -2.29. The fraction of sp³-hybridized carbons (Fsp3) is 0.217. The number of amides is 2. The number of rotatable bonds is 8.